The molecule has 0 amide bonds. The van der Waals surface area contributed by atoms with Crippen LogP contribution in [0.25, 0.3) is 11.1 Å². The minimum atomic E-state index is -0.884. The molecule has 2 aromatic rings. The van der Waals surface area contributed by atoms with E-state index in [1.165, 1.54) is 12.1 Å². The first-order chi connectivity index (χ1) is 10.2. The van der Waals surface area contributed by atoms with Gasteiger partial charge in [-0.05, 0) is 19.2 Å². The van der Waals surface area contributed by atoms with E-state index in [1.54, 1.807) is 18.2 Å². The molecule has 0 saturated carbocycles. The molecule has 1 N–H and O–H groups in total. The Morgan fingerprint density at radius 3 is 2.71 bits per heavy atom. The minimum absolute atomic E-state index is 0.166. The van der Waals surface area contributed by atoms with Gasteiger partial charge in [-0.25, -0.2) is 8.78 Å². The van der Waals surface area contributed by atoms with E-state index >= 15 is 0 Å². The van der Waals surface area contributed by atoms with Crippen LogP contribution in [-0.4, -0.2) is 26.3 Å². The highest BCUT2D eigenvalue weighted by atomic mass is 19.2. The van der Waals surface area contributed by atoms with Crippen LogP contribution in [0.3, 0.4) is 0 Å². The summed E-state index contributed by atoms with van der Waals surface area (Å²) in [7, 11) is 1.82. The predicted molar refractivity (Wildman–Crippen MR) is 75.6 cm³/mol. The van der Waals surface area contributed by atoms with Crippen LogP contribution in [0.5, 0.6) is 11.5 Å². The average Bonchev–Trinajstić information content (AvgIpc) is 2.50. The fourth-order valence-electron chi connectivity index (χ4n) is 2.39. The summed E-state index contributed by atoms with van der Waals surface area (Å²) >= 11 is 0. The van der Waals surface area contributed by atoms with Gasteiger partial charge in [0.25, 0.3) is 0 Å². The first-order valence-corrected chi connectivity index (χ1v) is 6.72. The van der Waals surface area contributed by atoms with E-state index in [0.717, 1.165) is 6.07 Å². The lowest BCUT2D eigenvalue weighted by Crippen LogP contribution is -2.37. The first kappa shape index (κ1) is 13.8. The van der Waals surface area contributed by atoms with Gasteiger partial charge in [-0.1, -0.05) is 24.3 Å². The Morgan fingerprint density at radius 1 is 1.14 bits per heavy atom. The molecule has 1 atom stereocenters. The topological polar surface area (TPSA) is 30.5 Å². The number of hydrogen-bond donors (Lipinski definition) is 1. The monoisotopic (exact) mass is 291 g/mol. The SMILES string of the molecule is CNCC1COc2cccc(-c3cccc(F)c3F)c2O1. The molecule has 3 nitrogen and oxygen atoms in total. The number of likely N-dealkylation sites (N-methyl/N-ethyl adjacent to an activating group) is 1. The molecular weight excluding hydrogens is 276 g/mol. The van der Waals surface area contributed by atoms with E-state index in [4.69, 9.17) is 9.47 Å². The lowest BCUT2D eigenvalue weighted by Gasteiger charge is -2.28. The first-order valence-electron chi connectivity index (χ1n) is 6.72. The van der Waals surface area contributed by atoms with E-state index < -0.39 is 11.6 Å². The third-order valence-corrected chi connectivity index (χ3v) is 3.36. The number of para-hydroxylation sites is 1. The second-order valence-corrected chi connectivity index (χ2v) is 4.84. The molecule has 5 heteroatoms. The maximum absolute atomic E-state index is 14.0. The zero-order valence-corrected chi connectivity index (χ0v) is 11.5. The van der Waals surface area contributed by atoms with Crippen molar-refractivity contribution in [3.63, 3.8) is 0 Å². The third-order valence-electron chi connectivity index (χ3n) is 3.36. The van der Waals surface area contributed by atoms with Gasteiger partial charge in [0.1, 0.15) is 12.7 Å². The minimum Gasteiger partial charge on any atom is -0.486 e. The van der Waals surface area contributed by atoms with Crippen LogP contribution in [0.15, 0.2) is 36.4 Å². The molecule has 0 aromatic heterocycles. The van der Waals surface area contributed by atoms with Crippen molar-refractivity contribution in [3.05, 3.63) is 48.0 Å². The van der Waals surface area contributed by atoms with Crippen LogP contribution in [0, 0.1) is 11.6 Å². The molecule has 1 unspecified atom stereocenters. The van der Waals surface area contributed by atoms with E-state index in [9.17, 15) is 8.78 Å². The summed E-state index contributed by atoms with van der Waals surface area (Å²) in [6.45, 7) is 1.03. The van der Waals surface area contributed by atoms with E-state index in [2.05, 4.69) is 5.32 Å². The summed E-state index contributed by atoms with van der Waals surface area (Å²) in [5, 5.41) is 3.01. The zero-order valence-electron chi connectivity index (χ0n) is 11.5. The molecule has 0 fully saturated rings. The lowest BCUT2D eigenvalue weighted by atomic mass is 10.0. The normalized spacial score (nSPS) is 16.8. The molecule has 2 aromatic carbocycles. The number of ether oxygens (including phenoxy) is 2. The van der Waals surface area contributed by atoms with E-state index in [-0.39, 0.29) is 11.7 Å². The number of halogens is 2. The molecule has 0 spiro atoms. The molecule has 3 rings (SSSR count). The molecule has 0 bridgehead atoms. The second-order valence-electron chi connectivity index (χ2n) is 4.84. The largest absolute Gasteiger partial charge is 0.486 e. The van der Waals surface area contributed by atoms with Crippen molar-refractivity contribution in [2.24, 2.45) is 0 Å². The standard InChI is InChI=1S/C16H15F2NO2/c1-19-8-10-9-20-14-7-3-5-12(16(14)21-10)11-4-2-6-13(17)15(11)18/h2-7,10,19H,8-9H2,1H3. The molecule has 0 aliphatic carbocycles. The quantitative estimate of drug-likeness (QED) is 0.943. The van der Waals surface area contributed by atoms with Crippen LogP contribution in [0.1, 0.15) is 0 Å². The van der Waals surface area contributed by atoms with Crippen molar-refractivity contribution in [2.45, 2.75) is 6.10 Å². The van der Waals surface area contributed by atoms with Crippen LogP contribution in [-0.2, 0) is 0 Å². The van der Waals surface area contributed by atoms with Gasteiger partial charge >= 0.3 is 0 Å². The summed E-state index contributed by atoms with van der Waals surface area (Å²) in [6.07, 6.45) is -0.166. The van der Waals surface area contributed by atoms with Gasteiger partial charge in [0.2, 0.25) is 0 Å². The number of fused-ring (bicyclic) bond motifs is 1. The van der Waals surface area contributed by atoms with E-state index in [0.29, 0.717) is 30.2 Å². The maximum Gasteiger partial charge on any atom is 0.169 e. The Bertz CT molecular complexity index is 661. The molecule has 1 aliphatic heterocycles. The fourth-order valence-corrected chi connectivity index (χ4v) is 2.39. The Hall–Kier alpha value is -2.14. The summed E-state index contributed by atoms with van der Waals surface area (Å²) in [5.74, 6) is -0.768. The van der Waals surface area contributed by atoms with Crippen LogP contribution in [0.2, 0.25) is 0 Å². The van der Waals surface area contributed by atoms with E-state index in [1.807, 2.05) is 7.05 Å². The molecule has 0 radical (unpaired) electrons. The Labute approximate surface area is 121 Å². The van der Waals surface area contributed by atoms with Crippen molar-refractivity contribution < 1.29 is 18.3 Å². The number of hydrogen-bond acceptors (Lipinski definition) is 3. The fraction of sp³-hybridized carbons (Fsp3) is 0.250. The zero-order chi connectivity index (χ0) is 14.8. The Kier molecular flexibility index (Phi) is 3.75. The third kappa shape index (κ3) is 2.56. The van der Waals surface area contributed by atoms with Gasteiger partial charge in [0.15, 0.2) is 23.1 Å². The lowest BCUT2D eigenvalue weighted by molar-refractivity contribution is 0.0926. The second kappa shape index (κ2) is 5.69. The molecule has 21 heavy (non-hydrogen) atoms. The van der Waals surface area contributed by atoms with Crippen molar-refractivity contribution in [1.82, 2.24) is 5.32 Å². The van der Waals surface area contributed by atoms with Crippen molar-refractivity contribution in [1.29, 1.82) is 0 Å². The van der Waals surface area contributed by atoms with Crippen molar-refractivity contribution in [3.8, 4) is 22.6 Å². The average molecular weight is 291 g/mol. The van der Waals surface area contributed by atoms with Crippen LogP contribution >= 0.6 is 0 Å². The highest BCUT2D eigenvalue weighted by molar-refractivity contribution is 5.74. The maximum atomic E-state index is 14.0. The predicted octanol–water partition coefficient (Wildman–Crippen LogP) is 2.99. The van der Waals surface area contributed by atoms with Gasteiger partial charge in [0.05, 0.1) is 0 Å². The van der Waals surface area contributed by atoms with Crippen LogP contribution < -0.4 is 14.8 Å². The Morgan fingerprint density at radius 2 is 1.90 bits per heavy atom. The van der Waals surface area contributed by atoms with Gasteiger partial charge in [-0.15, -0.1) is 0 Å². The highest BCUT2D eigenvalue weighted by Crippen LogP contribution is 2.41. The Balaban J connectivity index is 2.06. The van der Waals surface area contributed by atoms with Gasteiger partial charge in [0, 0.05) is 17.7 Å². The number of rotatable bonds is 3. The van der Waals surface area contributed by atoms with Crippen molar-refractivity contribution >= 4 is 0 Å². The van der Waals surface area contributed by atoms with Crippen molar-refractivity contribution in [2.75, 3.05) is 20.2 Å². The molecule has 1 aliphatic rings. The highest BCUT2D eigenvalue weighted by Gasteiger charge is 2.25. The van der Waals surface area contributed by atoms with Gasteiger partial charge in [-0.2, -0.15) is 0 Å². The summed E-state index contributed by atoms with van der Waals surface area (Å²) in [4.78, 5) is 0. The molecule has 0 saturated heterocycles. The smallest absolute Gasteiger partial charge is 0.169 e. The van der Waals surface area contributed by atoms with Crippen LogP contribution in [0.4, 0.5) is 8.78 Å². The molecule has 1 heterocycles. The summed E-state index contributed by atoms with van der Waals surface area (Å²) in [5.41, 5.74) is 0.658. The number of benzene rings is 2. The summed E-state index contributed by atoms with van der Waals surface area (Å²) in [6, 6.07) is 9.28. The summed E-state index contributed by atoms with van der Waals surface area (Å²) < 4.78 is 39.0. The number of nitrogens with one attached hydrogen (secondary N) is 1. The molecule has 110 valence electrons. The van der Waals surface area contributed by atoms with Gasteiger partial charge < -0.3 is 14.8 Å². The van der Waals surface area contributed by atoms with Gasteiger partial charge in [-0.3, -0.25) is 0 Å². The molecular formula is C16H15F2NO2.